The van der Waals surface area contributed by atoms with E-state index in [0.717, 1.165) is 22.8 Å². The lowest BCUT2D eigenvalue weighted by molar-refractivity contribution is -0.136. The molecule has 3 aliphatic rings. The summed E-state index contributed by atoms with van der Waals surface area (Å²) in [7, 11) is 3.30. The molecule has 8 nitrogen and oxygen atoms in total. The van der Waals surface area contributed by atoms with Crippen LogP contribution in [0, 0.1) is 0 Å². The van der Waals surface area contributed by atoms with Crippen LogP contribution < -0.4 is 9.64 Å². The highest BCUT2D eigenvalue weighted by Gasteiger charge is 2.55. The average Bonchev–Trinajstić information content (AvgIpc) is 3.19. The minimum atomic E-state index is -0.580. The number of carbonyl (C=O) groups is 2. The fourth-order valence-electron chi connectivity index (χ4n) is 3.97. The van der Waals surface area contributed by atoms with E-state index in [0.29, 0.717) is 5.96 Å². The van der Waals surface area contributed by atoms with Gasteiger partial charge in [0.2, 0.25) is 5.96 Å². The lowest BCUT2D eigenvalue weighted by Crippen LogP contribution is -2.64. The number of fused-ring (bicyclic) bond motifs is 3. The Kier molecular flexibility index (Phi) is 4.14. The number of rotatable bonds is 4. The molecule has 1 aromatic rings. The average molecular weight is 381 g/mol. The van der Waals surface area contributed by atoms with E-state index in [2.05, 4.69) is 6.58 Å². The highest BCUT2D eigenvalue weighted by atomic mass is 16.5. The fraction of sp³-hybridized carbons (Fsp3) is 0.350. The highest BCUT2D eigenvalue weighted by Crippen LogP contribution is 2.40. The first-order valence-electron chi connectivity index (χ1n) is 9.08. The van der Waals surface area contributed by atoms with Gasteiger partial charge in [-0.25, -0.2) is 9.79 Å². The Hall–Kier alpha value is -3.29. The van der Waals surface area contributed by atoms with Gasteiger partial charge in [-0.15, -0.1) is 6.58 Å². The Bertz CT molecular complexity index is 938. The molecular formula is C20H23N5O3. The van der Waals surface area contributed by atoms with Gasteiger partial charge in [-0.1, -0.05) is 12.1 Å². The standard InChI is InChI=1S/C20H23N5O3/c1-6-10-23-18(26)16-17(22(4)20(23)27)21-19-24(12(2)13(3)25(16)19)14-8-7-9-15(11-14)28-5/h6-9,11,16-17H,1,10H2,2-5H3. The molecule has 1 fully saturated rings. The van der Waals surface area contributed by atoms with Gasteiger partial charge < -0.3 is 9.64 Å². The van der Waals surface area contributed by atoms with E-state index < -0.39 is 12.2 Å². The minimum absolute atomic E-state index is 0.176. The van der Waals surface area contributed by atoms with Gasteiger partial charge in [-0.3, -0.25) is 19.5 Å². The Balaban J connectivity index is 1.78. The van der Waals surface area contributed by atoms with Crippen LogP contribution in [0.2, 0.25) is 0 Å². The molecular weight excluding hydrogens is 358 g/mol. The van der Waals surface area contributed by atoms with Gasteiger partial charge in [0.15, 0.2) is 12.2 Å². The van der Waals surface area contributed by atoms with Gasteiger partial charge in [0.1, 0.15) is 5.75 Å². The molecule has 1 saturated heterocycles. The first kappa shape index (κ1) is 18.1. The monoisotopic (exact) mass is 381 g/mol. The number of methoxy groups -OCH3 is 1. The van der Waals surface area contributed by atoms with E-state index >= 15 is 0 Å². The summed E-state index contributed by atoms with van der Waals surface area (Å²) in [4.78, 5) is 37.2. The van der Waals surface area contributed by atoms with E-state index in [1.165, 1.54) is 9.80 Å². The summed E-state index contributed by atoms with van der Waals surface area (Å²) < 4.78 is 5.35. The molecule has 0 saturated carbocycles. The number of hydrogen-bond donors (Lipinski definition) is 0. The maximum absolute atomic E-state index is 13.1. The van der Waals surface area contributed by atoms with Gasteiger partial charge in [-0.05, 0) is 26.0 Å². The quantitative estimate of drug-likeness (QED) is 0.748. The minimum Gasteiger partial charge on any atom is -0.497 e. The van der Waals surface area contributed by atoms with E-state index in [4.69, 9.17) is 9.73 Å². The van der Waals surface area contributed by atoms with Crippen molar-refractivity contribution in [2.75, 3.05) is 25.6 Å². The van der Waals surface area contributed by atoms with Crippen molar-refractivity contribution in [3.8, 4) is 5.75 Å². The summed E-state index contributed by atoms with van der Waals surface area (Å²) >= 11 is 0. The van der Waals surface area contributed by atoms with Crippen LogP contribution in [-0.4, -0.2) is 65.5 Å². The molecule has 2 atom stereocenters. The maximum atomic E-state index is 13.1. The molecule has 146 valence electrons. The van der Waals surface area contributed by atoms with Gasteiger partial charge in [0.05, 0.1) is 12.8 Å². The lowest BCUT2D eigenvalue weighted by atomic mass is 10.1. The van der Waals surface area contributed by atoms with E-state index in [-0.39, 0.29) is 18.5 Å². The number of allylic oxidation sites excluding steroid dienone is 2. The molecule has 3 heterocycles. The Morgan fingerprint density at radius 2 is 2.00 bits per heavy atom. The van der Waals surface area contributed by atoms with Gasteiger partial charge in [0, 0.05) is 31.1 Å². The number of guanidine groups is 1. The molecule has 28 heavy (non-hydrogen) atoms. The third-order valence-electron chi connectivity index (χ3n) is 5.52. The molecule has 3 aliphatic heterocycles. The molecule has 2 unspecified atom stereocenters. The van der Waals surface area contributed by atoms with Crippen LogP contribution in [0.5, 0.6) is 5.75 Å². The number of amides is 3. The molecule has 3 amide bonds. The van der Waals surface area contributed by atoms with Gasteiger partial charge >= 0.3 is 6.03 Å². The second-order valence-electron chi connectivity index (χ2n) is 7.00. The zero-order chi connectivity index (χ0) is 20.2. The summed E-state index contributed by atoms with van der Waals surface area (Å²) in [6.45, 7) is 7.80. The number of likely N-dealkylation sites (N-methyl/N-ethyl adjacent to an activating group) is 1. The molecule has 0 spiro atoms. The van der Waals surface area contributed by atoms with E-state index in [1.807, 2.05) is 47.9 Å². The summed E-state index contributed by atoms with van der Waals surface area (Å²) in [6.07, 6.45) is 0.994. The van der Waals surface area contributed by atoms with Gasteiger partial charge in [0.25, 0.3) is 5.91 Å². The number of benzene rings is 1. The third kappa shape index (κ3) is 2.33. The number of urea groups is 1. The predicted octanol–water partition coefficient (Wildman–Crippen LogP) is 2.21. The Morgan fingerprint density at radius 3 is 2.68 bits per heavy atom. The predicted molar refractivity (Wildman–Crippen MR) is 106 cm³/mol. The smallest absolute Gasteiger partial charge is 0.328 e. The highest BCUT2D eigenvalue weighted by molar-refractivity contribution is 6.10. The normalized spacial score (nSPS) is 23.9. The summed E-state index contributed by atoms with van der Waals surface area (Å²) in [6, 6.07) is 6.74. The van der Waals surface area contributed by atoms with E-state index in [1.54, 1.807) is 20.2 Å². The molecule has 4 rings (SSSR count). The van der Waals surface area contributed by atoms with Gasteiger partial charge in [-0.2, -0.15) is 0 Å². The van der Waals surface area contributed by atoms with Crippen molar-refractivity contribution in [2.24, 2.45) is 4.99 Å². The summed E-state index contributed by atoms with van der Waals surface area (Å²) in [5, 5.41) is 0. The number of anilines is 1. The largest absolute Gasteiger partial charge is 0.497 e. The summed E-state index contributed by atoms with van der Waals surface area (Å²) in [5.41, 5.74) is 2.80. The van der Waals surface area contributed by atoms with Crippen LogP contribution in [0.1, 0.15) is 13.8 Å². The van der Waals surface area contributed by atoms with Crippen molar-refractivity contribution in [1.82, 2.24) is 14.7 Å². The zero-order valence-corrected chi connectivity index (χ0v) is 16.4. The van der Waals surface area contributed by atoms with Crippen molar-refractivity contribution in [3.63, 3.8) is 0 Å². The molecule has 0 radical (unpaired) electrons. The number of ether oxygens (including phenoxy) is 1. The molecule has 0 bridgehead atoms. The van der Waals surface area contributed by atoms with Crippen LogP contribution >= 0.6 is 0 Å². The molecule has 0 N–H and O–H groups in total. The topological polar surface area (TPSA) is 68.7 Å². The summed E-state index contributed by atoms with van der Waals surface area (Å²) in [5.74, 6) is 1.12. The van der Waals surface area contributed by atoms with Crippen molar-refractivity contribution in [1.29, 1.82) is 0 Å². The number of carbonyl (C=O) groups excluding carboxylic acids is 2. The van der Waals surface area contributed by atoms with Crippen molar-refractivity contribution < 1.29 is 14.3 Å². The Morgan fingerprint density at radius 1 is 1.25 bits per heavy atom. The number of aliphatic imine (C=N–C) groups is 1. The van der Waals surface area contributed by atoms with Crippen molar-refractivity contribution in [2.45, 2.75) is 26.1 Å². The first-order valence-corrected chi connectivity index (χ1v) is 9.08. The SMILES string of the molecule is C=CCN1C(=O)C2C(N=C3N(c4cccc(OC)c4)C(C)=C(C)N32)N(C)C1=O. The van der Waals surface area contributed by atoms with Crippen LogP contribution in [0.3, 0.4) is 0 Å². The molecule has 1 aromatic carbocycles. The van der Waals surface area contributed by atoms with Crippen LogP contribution in [0.25, 0.3) is 0 Å². The fourth-order valence-corrected chi connectivity index (χ4v) is 3.97. The second-order valence-corrected chi connectivity index (χ2v) is 7.00. The molecule has 0 aromatic heterocycles. The van der Waals surface area contributed by atoms with E-state index in [9.17, 15) is 9.59 Å². The number of nitrogens with zero attached hydrogens (tertiary/aromatic N) is 5. The molecule has 0 aliphatic carbocycles. The van der Waals surface area contributed by atoms with Crippen molar-refractivity contribution in [3.05, 3.63) is 48.3 Å². The maximum Gasteiger partial charge on any atom is 0.328 e. The second kappa shape index (κ2) is 6.40. The van der Waals surface area contributed by atoms with Crippen molar-refractivity contribution >= 4 is 23.6 Å². The van der Waals surface area contributed by atoms with Crippen LogP contribution in [0.4, 0.5) is 10.5 Å². The number of hydrogen-bond acceptors (Lipinski definition) is 6. The zero-order valence-electron chi connectivity index (χ0n) is 16.4. The lowest BCUT2D eigenvalue weighted by Gasteiger charge is -2.40. The first-order chi connectivity index (χ1) is 13.4. The molecule has 8 heteroatoms. The van der Waals surface area contributed by atoms with Crippen LogP contribution in [0.15, 0.2) is 53.3 Å². The van der Waals surface area contributed by atoms with Crippen LogP contribution in [-0.2, 0) is 4.79 Å². The Labute approximate surface area is 164 Å². The third-order valence-corrected chi connectivity index (χ3v) is 5.52. The number of imide groups is 1.